The maximum absolute atomic E-state index is 11.7. The molecule has 0 fully saturated rings. The second kappa shape index (κ2) is 8.35. The summed E-state index contributed by atoms with van der Waals surface area (Å²) in [5, 5.41) is 18.1. The standard InChI is InChI=1S/C17H11ClN4O3S.Na.H/c18-11-5-6-14(10(7-11)9-19)21-22-15-8-16(26(23,24)25)12-3-1-2-4-13(12)17(15)20;;/h1-8H,20H2,(H,23,24,25);;/q;+1;-1. The first kappa shape index (κ1) is 21.3. The third-order valence-electron chi connectivity index (χ3n) is 3.65. The first-order valence-electron chi connectivity index (χ1n) is 7.21. The van der Waals surface area contributed by atoms with E-state index in [0.29, 0.717) is 10.4 Å². The molecule has 27 heavy (non-hydrogen) atoms. The molecule has 3 aromatic carbocycles. The molecule has 10 heteroatoms. The van der Waals surface area contributed by atoms with Gasteiger partial charge in [0.25, 0.3) is 10.1 Å². The van der Waals surface area contributed by atoms with Crippen LogP contribution in [0, 0.1) is 11.3 Å². The summed E-state index contributed by atoms with van der Waals surface area (Å²) in [5.74, 6) is 0. The Morgan fingerprint density at radius 1 is 1.07 bits per heavy atom. The van der Waals surface area contributed by atoms with E-state index >= 15 is 0 Å². The fourth-order valence-electron chi connectivity index (χ4n) is 2.44. The van der Waals surface area contributed by atoms with E-state index in [2.05, 4.69) is 10.2 Å². The van der Waals surface area contributed by atoms with Crippen LogP contribution in [-0.2, 0) is 10.1 Å². The van der Waals surface area contributed by atoms with Gasteiger partial charge in [-0.1, -0.05) is 35.9 Å². The van der Waals surface area contributed by atoms with Gasteiger partial charge in [-0.2, -0.15) is 13.7 Å². The minimum atomic E-state index is -4.50. The van der Waals surface area contributed by atoms with Crippen molar-refractivity contribution in [1.29, 1.82) is 5.26 Å². The van der Waals surface area contributed by atoms with E-state index in [1.165, 1.54) is 18.2 Å². The fourth-order valence-corrected chi connectivity index (χ4v) is 3.33. The second-order valence-corrected chi connectivity index (χ2v) is 7.13. The molecule has 0 unspecified atom stereocenters. The van der Waals surface area contributed by atoms with E-state index in [9.17, 15) is 13.0 Å². The van der Waals surface area contributed by atoms with Gasteiger partial charge in [0, 0.05) is 15.8 Å². The van der Waals surface area contributed by atoms with E-state index in [1.54, 1.807) is 24.3 Å². The summed E-state index contributed by atoms with van der Waals surface area (Å²) >= 11 is 5.84. The number of benzene rings is 3. The van der Waals surface area contributed by atoms with Crippen LogP contribution in [0.2, 0.25) is 5.02 Å². The number of hydrogen-bond acceptors (Lipinski definition) is 6. The molecule has 0 aliphatic heterocycles. The Labute approximate surface area is 184 Å². The van der Waals surface area contributed by atoms with Crippen molar-refractivity contribution in [2.45, 2.75) is 4.90 Å². The third kappa shape index (κ3) is 4.47. The van der Waals surface area contributed by atoms with Crippen molar-refractivity contribution in [3.05, 3.63) is 59.1 Å². The van der Waals surface area contributed by atoms with Gasteiger partial charge in [-0.15, -0.1) is 10.2 Å². The van der Waals surface area contributed by atoms with E-state index in [0.717, 1.165) is 6.07 Å². The Hall–Kier alpha value is -1.99. The number of hydrogen-bond donors (Lipinski definition) is 2. The summed E-state index contributed by atoms with van der Waals surface area (Å²) in [7, 11) is -4.50. The van der Waals surface area contributed by atoms with Gasteiger partial charge in [-0.3, -0.25) is 4.55 Å². The topological polar surface area (TPSA) is 129 Å². The predicted molar refractivity (Wildman–Crippen MR) is 99.6 cm³/mol. The van der Waals surface area contributed by atoms with Crippen molar-refractivity contribution in [3.8, 4) is 6.07 Å². The van der Waals surface area contributed by atoms with Crippen LogP contribution in [0.1, 0.15) is 6.99 Å². The van der Waals surface area contributed by atoms with E-state index in [4.69, 9.17) is 22.6 Å². The summed E-state index contributed by atoms with van der Waals surface area (Å²) in [4.78, 5) is -0.326. The molecule has 3 aromatic rings. The van der Waals surface area contributed by atoms with Crippen molar-refractivity contribution in [1.82, 2.24) is 0 Å². The molecule has 7 nitrogen and oxygen atoms in total. The molecule has 0 aromatic heterocycles. The van der Waals surface area contributed by atoms with Gasteiger partial charge >= 0.3 is 29.6 Å². The van der Waals surface area contributed by atoms with E-state index in [-0.39, 0.29) is 63.9 Å². The average Bonchev–Trinajstić information content (AvgIpc) is 2.61. The van der Waals surface area contributed by atoms with Gasteiger partial charge in [0.2, 0.25) is 0 Å². The zero-order valence-corrected chi connectivity index (χ0v) is 17.7. The molecule has 0 aliphatic carbocycles. The molecule has 0 aliphatic rings. The van der Waals surface area contributed by atoms with Gasteiger partial charge in [-0.05, 0) is 24.3 Å². The summed E-state index contributed by atoms with van der Waals surface area (Å²) in [6.45, 7) is 0. The molecule has 0 amide bonds. The molecule has 0 bridgehead atoms. The van der Waals surface area contributed by atoms with Crippen LogP contribution in [0.15, 0.2) is 63.7 Å². The molecule has 132 valence electrons. The first-order chi connectivity index (χ1) is 12.3. The number of halogens is 1. The van der Waals surface area contributed by atoms with Crippen LogP contribution in [0.25, 0.3) is 10.8 Å². The van der Waals surface area contributed by atoms with Crippen LogP contribution in [0.5, 0.6) is 0 Å². The van der Waals surface area contributed by atoms with Gasteiger partial charge < -0.3 is 7.16 Å². The summed E-state index contributed by atoms with van der Waals surface area (Å²) in [6.07, 6.45) is 0. The van der Waals surface area contributed by atoms with Crippen LogP contribution < -0.4 is 35.3 Å². The Bertz CT molecular complexity index is 1210. The summed E-state index contributed by atoms with van der Waals surface area (Å²) < 4.78 is 32.9. The number of nitriles is 1. The molecule has 0 heterocycles. The van der Waals surface area contributed by atoms with Crippen LogP contribution in [-0.4, -0.2) is 13.0 Å². The number of rotatable bonds is 3. The maximum Gasteiger partial charge on any atom is 1.00 e. The molecule has 3 N–H and O–H groups in total. The normalized spacial score (nSPS) is 11.3. The number of azo groups is 1. The zero-order valence-electron chi connectivity index (χ0n) is 15.1. The molecule has 0 atom stereocenters. The SMILES string of the molecule is N#Cc1cc(Cl)ccc1N=Nc1cc(S(=O)(=O)O)c2ccccc2c1N.[H-].[Na+]. The van der Waals surface area contributed by atoms with Crippen molar-refractivity contribution in [2.75, 3.05) is 5.73 Å². The van der Waals surface area contributed by atoms with Crippen LogP contribution in [0.4, 0.5) is 17.1 Å². The van der Waals surface area contributed by atoms with E-state index in [1.807, 2.05) is 6.07 Å². The predicted octanol–water partition coefficient (Wildman–Crippen LogP) is 1.73. The quantitative estimate of drug-likeness (QED) is 0.294. The van der Waals surface area contributed by atoms with Gasteiger partial charge in [-0.25, -0.2) is 0 Å². The van der Waals surface area contributed by atoms with Crippen molar-refractivity contribution >= 4 is 49.6 Å². The molecule has 0 spiro atoms. The number of fused-ring (bicyclic) bond motifs is 1. The second-order valence-electron chi connectivity index (χ2n) is 5.30. The first-order valence-corrected chi connectivity index (χ1v) is 9.03. The molecular formula is C17H12ClN4NaO3S. The monoisotopic (exact) mass is 410 g/mol. The minimum absolute atomic E-state index is 0. The van der Waals surface area contributed by atoms with Crippen molar-refractivity contribution in [3.63, 3.8) is 0 Å². The largest absolute Gasteiger partial charge is 1.00 e. The van der Waals surface area contributed by atoms with Gasteiger partial charge in [0.1, 0.15) is 22.3 Å². The number of nitrogens with two attached hydrogens (primary N) is 1. The van der Waals surface area contributed by atoms with Crippen molar-refractivity contribution < 1.29 is 44.0 Å². The number of nitrogens with zero attached hydrogens (tertiary/aromatic N) is 3. The minimum Gasteiger partial charge on any atom is -1.00 e. The van der Waals surface area contributed by atoms with Crippen LogP contribution >= 0.6 is 11.6 Å². The van der Waals surface area contributed by atoms with Gasteiger partial charge in [0.15, 0.2) is 0 Å². The van der Waals surface area contributed by atoms with Gasteiger partial charge in [0.05, 0.1) is 11.3 Å². The fraction of sp³-hybridized carbons (Fsp3) is 0. The molecular weight excluding hydrogens is 399 g/mol. The summed E-state index contributed by atoms with van der Waals surface area (Å²) in [6, 6.07) is 14.0. The van der Waals surface area contributed by atoms with E-state index < -0.39 is 10.1 Å². The Morgan fingerprint density at radius 3 is 2.33 bits per heavy atom. The Balaban J connectivity index is 0.00000196. The third-order valence-corrected chi connectivity index (χ3v) is 4.78. The molecule has 0 saturated carbocycles. The smallest absolute Gasteiger partial charge is 1.00 e. The Morgan fingerprint density at radius 2 is 1.70 bits per heavy atom. The number of anilines is 1. The zero-order chi connectivity index (χ0) is 18.9. The number of nitrogen functional groups attached to an aromatic ring is 1. The van der Waals surface area contributed by atoms with Crippen molar-refractivity contribution in [2.24, 2.45) is 10.2 Å². The Kier molecular flexibility index (Phi) is 6.59. The molecule has 0 radical (unpaired) electrons. The average molecular weight is 411 g/mol. The molecule has 0 saturated heterocycles. The maximum atomic E-state index is 11.7. The summed E-state index contributed by atoms with van der Waals surface area (Å²) in [5.41, 5.74) is 6.78. The van der Waals surface area contributed by atoms with Crippen LogP contribution in [0.3, 0.4) is 0 Å². The molecule has 3 rings (SSSR count).